The maximum Gasteiger partial charge on any atom is 0.344 e. The largest absolute Gasteiger partial charge is 0.507 e. The molecule has 1 heterocycles. The highest BCUT2D eigenvalue weighted by atomic mass is 35.5. The fourth-order valence-electron chi connectivity index (χ4n) is 12.8. The van der Waals surface area contributed by atoms with Crippen molar-refractivity contribution >= 4 is 125 Å². The molecule has 11 aromatic rings. The number of thioether (sulfide) groups is 2. The van der Waals surface area contributed by atoms with Gasteiger partial charge in [-0.15, -0.1) is 0 Å². The van der Waals surface area contributed by atoms with Crippen LogP contribution in [0.4, 0.5) is 9.59 Å². The normalized spacial score (nSPS) is 10.3. The van der Waals surface area contributed by atoms with Gasteiger partial charge in [0, 0.05) is 151 Å². The Morgan fingerprint density at radius 1 is 0.341 bits per heavy atom. The van der Waals surface area contributed by atoms with E-state index >= 15 is 0 Å². The van der Waals surface area contributed by atoms with E-state index in [9.17, 15) is 38.7 Å². The number of amides is 5. The lowest BCUT2D eigenvalue weighted by Crippen LogP contribution is -2.31. The van der Waals surface area contributed by atoms with E-state index in [0.29, 0.717) is 156 Å². The van der Waals surface area contributed by atoms with Gasteiger partial charge in [0.25, 0.3) is 33.4 Å². The quantitative estimate of drug-likeness (QED) is 0.00952. The van der Waals surface area contributed by atoms with Gasteiger partial charge in [-0.2, -0.15) is 0 Å². The molecule has 0 aliphatic carbocycles. The van der Waals surface area contributed by atoms with E-state index in [1.807, 2.05) is 165 Å². The molecule has 0 unspecified atom stereocenters. The zero-order valence-electron chi connectivity index (χ0n) is 79.4. The number of hydrogen-bond acceptors (Lipinski definition) is 24. The highest BCUT2D eigenvalue weighted by molar-refractivity contribution is 8.14. The molecule has 0 saturated carbocycles. The molecule has 0 aliphatic heterocycles. The van der Waals surface area contributed by atoms with Crippen molar-refractivity contribution in [3.8, 4) is 114 Å². The SMILES string of the molecule is CCN(CC)C(=O)c1cc(OC)ccc1-c1ccc(OC)cc1OC(=S)N(C)C.CCN(CC)C(=O)c1cc(OC)ccc1-c1ccc(OC)cc1SC(=O)N(C)C.CCN(CC)C(=O)c1cc(OC)ccc1-c1ccc(OC)cc1SC(=O)N(C)C.CN(C)C(=S)Cl.COc1ccc(-c2ccc(OC)cc2C(C)=O)c(O)c1.COc1ccc2c(c1)oc(=O)c1cc(OC)ccc12. The topological polar surface area (TPSA) is 277 Å². The van der Waals surface area contributed by atoms with Gasteiger partial charge < -0.3 is 95.9 Å². The molecule has 0 spiro atoms. The summed E-state index contributed by atoms with van der Waals surface area (Å²) in [5, 5.41) is 12.4. The summed E-state index contributed by atoms with van der Waals surface area (Å²) in [5.41, 5.74) is 8.08. The first-order chi connectivity index (χ1) is 63.0. The Morgan fingerprint density at radius 3 is 0.947 bits per heavy atom. The van der Waals surface area contributed by atoms with Crippen molar-refractivity contribution in [3.05, 3.63) is 215 Å². The number of carbonyl (C=O) groups is 6. The Labute approximate surface area is 797 Å². The number of benzene rings is 10. The van der Waals surface area contributed by atoms with E-state index in [0.717, 1.165) is 77.5 Å². The summed E-state index contributed by atoms with van der Waals surface area (Å²) >= 11 is 17.3. The predicted octanol–water partition coefficient (Wildman–Crippen LogP) is 20.6. The average Bonchev–Trinajstić information content (AvgIpc) is 0.764. The van der Waals surface area contributed by atoms with E-state index in [1.54, 1.807) is 198 Å². The molecule has 132 heavy (non-hydrogen) atoms. The average molecular weight is 1900 g/mol. The number of ketones is 1. The van der Waals surface area contributed by atoms with Gasteiger partial charge in [0.05, 0.1) is 93.2 Å². The van der Waals surface area contributed by atoms with Crippen LogP contribution in [0.1, 0.15) is 89.9 Å². The molecule has 10 aromatic carbocycles. The fraction of sp³-hybridized carbons (Fsp3) is 0.310. The summed E-state index contributed by atoms with van der Waals surface area (Å²) in [4.78, 5) is 101. The number of hydrogen-bond donors (Lipinski definition) is 1. The molecular formula is C100H118ClN7O20S4. The van der Waals surface area contributed by atoms with Crippen molar-refractivity contribution in [3.63, 3.8) is 0 Å². The number of phenolic OH excluding ortho intramolecular Hbond substituents is 1. The molecular weight excluding hydrogens is 1780 g/mol. The number of aromatic hydroxyl groups is 1. The van der Waals surface area contributed by atoms with Crippen LogP contribution in [0.2, 0.25) is 0 Å². The zero-order valence-corrected chi connectivity index (χ0v) is 83.4. The molecule has 27 nitrogen and oxygen atoms in total. The molecule has 0 aliphatic rings. The molecule has 0 saturated heterocycles. The number of halogens is 1. The molecule has 5 amide bonds. The maximum atomic E-state index is 13.2. The third-order valence-corrected chi connectivity index (χ3v) is 23.6. The Bertz CT molecular complexity index is 5550. The molecule has 704 valence electrons. The Kier molecular flexibility index (Phi) is 43.1. The minimum absolute atomic E-state index is 0.0667. The second-order valence-electron chi connectivity index (χ2n) is 29.2. The Balaban J connectivity index is 0.000000252. The first-order valence-electron chi connectivity index (χ1n) is 41.7. The molecule has 1 aromatic heterocycles. The lowest BCUT2D eigenvalue weighted by Gasteiger charge is -2.22. The number of methoxy groups -OCH3 is 10. The number of rotatable bonds is 27. The summed E-state index contributed by atoms with van der Waals surface area (Å²) in [6, 6.07) is 53.8. The highest BCUT2D eigenvalue weighted by Crippen LogP contribution is 2.43. The molecule has 0 radical (unpaired) electrons. The maximum absolute atomic E-state index is 13.2. The van der Waals surface area contributed by atoms with E-state index in [2.05, 4.69) is 12.2 Å². The van der Waals surface area contributed by atoms with E-state index in [4.69, 9.17) is 80.3 Å². The summed E-state index contributed by atoms with van der Waals surface area (Å²) in [5.74, 6) is 6.48. The minimum Gasteiger partial charge on any atom is -0.507 e. The van der Waals surface area contributed by atoms with Crippen molar-refractivity contribution in [2.24, 2.45) is 0 Å². The summed E-state index contributed by atoms with van der Waals surface area (Å²) in [7, 11) is 29.7. The van der Waals surface area contributed by atoms with Gasteiger partial charge >= 0.3 is 5.63 Å². The molecule has 0 bridgehead atoms. The number of ether oxygens (including phenoxy) is 11. The van der Waals surface area contributed by atoms with Crippen molar-refractivity contribution in [2.45, 2.75) is 58.3 Å². The van der Waals surface area contributed by atoms with E-state index in [1.165, 1.54) is 29.9 Å². The van der Waals surface area contributed by atoms with Gasteiger partial charge in [-0.3, -0.25) is 28.8 Å². The number of carbonyl (C=O) groups excluding carboxylic acids is 6. The van der Waals surface area contributed by atoms with Gasteiger partial charge in [0.1, 0.15) is 74.6 Å². The Hall–Kier alpha value is -12.9. The third kappa shape index (κ3) is 29.0. The minimum atomic E-state index is -0.380. The first kappa shape index (κ1) is 108. The van der Waals surface area contributed by atoms with Gasteiger partial charge in [0.2, 0.25) is 0 Å². The van der Waals surface area contributed by atoms with Gasteiger partial charge in [-0.25, -0.2) is 4.79 Å². The summed E-state index contributed by atoms with van der Waals surface area (Å²) < 4.78 is 64.2. The fourth-order valence-corrected chi connectivity index (χ4v) is 14.5. The summed E-state index contributed by atoms with van der Waals surface area (Å²) in [6.45, 7) is 16.9. The van der Waals surface area contributed by atoms with Gasteiger partial charge in [-0.05, 0) is 294 Å². The highest BCUT2D eigenvalue weighted by Gasteiger charge is 2.27. The Morgan fingerprint density at radius 2 is 0.621 bits per heavy atom. The number of phenols is 1. The third-order valence-electron chi connectivity index (χ3n) is 20.2. The first-order valence-corrected chi connectivity index (χ1v) is 44.5. The van der Waals surface area contributed by atoms with Crippen LogP contribution in [-0.2, 0) is 0 Å². The van der Waals surface area contributed by atoms with Crippen molar-refractivity contribution < 1.29 is 90.4 Å². The second-order valence-corrected chi connectivity index (χ2v) is 32.5. The number of nitrogens with zero attached hydrogens (tertiary/aromatic N) is 7. The summed E-state index contributed by atoms with van der Waals surface area (Å²) in [6.07, 6.45) is 0. The van der Waals surface area contributed by atoms with Crippen LogP contribution in [0.3, 0.4) is 0 Å². The number of fused-ring (bicyclic) bond motifs is 3. The molecule has 0 atom stereocenters. The lowest BCUT2D eigenvalue weighted by atomic mass is 9.96. The lowest BCUT2D eigenvalue weighted by molar-refractivity contribution is 0.0765. The number of thiocarbonyl (C=S) groups is 2. The molecule has 32 heteroatoms. The monoisotopic (exact) mass is 1900 g/mol. The van der Waals surface area contributed by atoms with Crippen LogP contribution in [0, 0.1) is 0 Å². The number of Topliss-reactive ketones (excluding diaryl/α,β-unsaturated/α-hetero) is 1. The van der Waals surface area contributed by atoms with E-state index < -0.39 is 0 Å². The van der Waals surface area contributed by atoms with Crippen molar-refractivity contribution in [1.29, 1.82) is 0 Å². The molecule has 1 N–H and O–H groups in total. The second kappa shape index (κ2) is 52.8. The van der Waals surface area contributed by atoms with Crippen LogP contribution in [0.25, 0.3) is 66.2 Å². The van der Waals surface area contributed by atoms with Crippen LogP contribution < -0.4 is 57.7 Å². The molecule has 0 fully saturated rings. The molecule has 11 rings (SSSR count). The standard InChI is InChI=1S/3C22H28N2O4S.C16H16O4.C15H12O4.C3H6ClNS/c2*1-7-24(8-2)21(25)19-13-15(27-5)9-11-17(19)18-12-10-16(28-6)14-20(18)29-22(26)23(3)4;1-7-24(8-2)21(25)19-13-15(26-5)9-11-17(19)18-12-10-16(27-6)14-20(18)28-22(29)23(3)4;1-10(17)15-8-11(19-2)4-6-13(15)14-7-5-12(20-3)9-16(14)18;1-17-9-3-5-11-12-6-4-10(18-2)8-14(12)19-15(16)13(11)7-9;1-5(2)3(4)6/h3*9-14H,7-8H2,1-6H3;4-9,18H,1-3H3;3-8H,1-2H3;1-2H3. The van der Waals surface area contributed by atoms with Crippen molar-refractivity contribution in [2.75, 3.05) is 167 Å². The van der Waals surface area contributed by atoms with Crippen LogP contribution in [0.15, 0.2) is 201 Å². The zero-order chi connectivity index (χ0) is 97.9. The van der Waals surface area contributed by atoms with Gasteiger partial charge in [-0.1, -0.05) is 11.6 Å². The smallest absolute Gasteiger partial charge is 0.344 e. The van der Waals surface area contributed by atoms with E-state index in [-0.39, 0.29) is 45.4 Å². The van der Waals surface area contributed by atoms with Crippen LogP contribution in [0.5, 0.6) is 69.0 Å². The van der Waals surface area contributed by atoms with Gasteiger partial charge in [0.15, 0.2) is 10.2 Å². The predicted molar refractivity (Wildman–Crippen MR) is 535 cm³/mol. The van der Waals surface area contributed by atoms with Crippen LogP contribution in [-0.4, -0.2) is 250 Å². The van der Waals surface area contributed by atoms with Crippen molar-refractivity contribution in [1.82, 2.24) is 34.3 Å². The van der Waals surface area contributed by atoms with Crippen LogP contribution >= 0.6 is 59.6 Å².